The molecule has 0 atom stereocenters. The Bertz CT molecular complexity index is 609. The molecule has 0 bridgehead atoms. The first kappa shape index (κ1) is 10.8. The van der Waals surface area contributed by atoms with Crippen LogP contribution in [0, 0.1) is 0 Å². The lowest BCUT2D eigenvalue weighted by molar-refractivity contribution is -0.115. The summed E-state index contributed by atoms with van der Waals surface area (Å²) in [6, 6.07) is 7.71. The lowest BCUT2D eigenvalue weighted by Crippen LogP contribution is -2.03. The van der Waals surface area contributed by atoms with Crippen molar-refractivity contribution >= 4 is 11.6 Å². The van der Waals surface area contributed by atoms with Gasteiger partial charge in [0.15, 0.2) is 0 Å². The maximum atomic E-state index is 11.4. The van der Waals surface area contributed by atoms with Gasteiger partial charge < -0.3 is 10.1 Å². The third-order valence-electron chi connectivity index (χ3n) is 3.02. The highest BCUT2D eigenvalue weighted by atomic mass is 16.5. The van der Waals surface area contributed by atoms with Crippen molar-refractivity contribution in [3.8, 4) is 16.9 Å². The Labute approximate surface area is 105 Å². The minimum absolute atomic E-state index is 0.0235. The number of carbonyl (C=O) groups excluding carboxylic acids is 1. The average molecular weight is 240 g/mol. The molecule has 1 aromatic heterocycles. The van der Waals surface area contributed by atoms with Crippen LogP contribution in [0.25, 0.3) is 11.1 Å². The summed E-state index contributed by atoms with van der Waals surface area (Å²) in [6.07, 6.45) is 3.94. The minimum Gasteiger partial charge on any atom is -0.496 e. The van der Waals surface area contributed by atoms with Crippen molar-refractivity contribution in [1.82, 2.24) is 4.98 Å². The second-order valence-electron chi connectivity index (χ2n) is 4.18. The predicted octanol–water partition coefficient (Wildman–Crippen LogP) is 2.25. The molecule has 3 rings (SSSR count). The molecule has 90 valence electrons. The SMILES string of the molecule is COc1cc2c(cc1-c1cccnc1)CC(=O)N2. The Morgan fingerprint density at radius 3 is 3.00 bits per heavy atom. The zero-order valence-corrected chi connectivity index (χ0v) is 9.93. The molecule has 0 radical (unpaired) electrons. The van der Waals surface area contributed by atoms with Crippen molar-refractivity contribution in [2.75, 3.05) is 12.4 Å². The predicted molar refractivity (Wildman–Crippen MR) is 68.6 cm³/mol. The molecule has 0 saturated heterocycles. The maximum Gasteiger partial charge on any atom is 0.228 e. The summed E-state index contributed by atoms with van der Waals surface area (Å²) in [7, 11) is 1.62. The van der Waals surface area contributed by atoms with Gasteiger partial charge in [0.2, 0.25) is 5.91 Å². The first-order valence-electron chi connectivity index (χ1n) is 5.69. The van der Waals surface area contributed by atoms with Crippen molar-refractivity contribution in [2.45, 2.75) is 6.42 Å². The topological polar surface area (TPSA) is 51.2 Å². The van der Waals surface area contributed by atoms with Crippen LogP contribution in [-0.4, -0.2) is 18.0 Å². The molecule has 1 aliphatic rings. The van der Waals surface area contributed by atoms with Gasteiger partial charge in [-0.05, 0) is 17.7 Å². The standard InChI is InChI=1S/C14H12N2O2/c1-18-13-7-12-10(6-14(17)16-12)5-11(13)9-3-2-4-15-8-9/h2-5,7-8H,6H2,1H3,(H,16,17). The van der Waals surface area contributed by atoms with E-state index in [0.717, 1.165) is 28.1 Å². The van der Waals surface area contributed by atoms with Gasteiger partial charge in [0.1, 0.15) is 5.75 Å². The highest BCUT2D eigenvalue weighted by molar-refractivity contribution is 6.00. The van der Waals surface area contributed by atoms with E-state index in [-0.39, 0.29) is 5.91 Å². The molecule has 0 aliphatic carbocycles. The molecule has 4 nitrogen and oxygen atoms in total. The van der Waals surface area contributed by atoms with Gasteiger partial charge in [0, 0.05) is 35.3 Å². The second-order valence-corrected chi connectivity index (χ2v) is 4.18. The number of carbonyl (C=O) groups is 1. The van der Waals surface area contributed by atoms with E-state index >= 15 is 0 Å². The molecular formula is C14H12N2O2. The van der Waals surface area contributed by atoms with E-state index in [9.17, 15) is 4.79 Å². The Morgan fingerprint density at radius 1 is 1.39 bits per heavy atom. The summed E-state index contributed by atoms with van der Waals surface area (Å²) in [5.74, 6) is 0.763. The number of benzene rings is 1. The summed E-state index contributed by atoms with van der Waals surface area (Å²) >= 11 is 0. The van der Waals surface area contributed by atoms with Gasteiger partial charge in [-0.2, -0.15) is 0 Å². The molecule has 0 fully saturated rings. The number of pyridine rings is 1. The van der Waals surface area contributed by atoms with Crippen molar-refractivity contribution in [2.24, 2.45) is 0 Å². The summed E-state index contributed by atoms with van der Waals surface area (Å²) < 4.78 is 5.38. The fourth-order valence-electron chi connectivity index (χ4n) is 2.17. The summed E-state index contributed by atoms with van der Waals surface area (Å²) in [5, 5.41) is 2.82. The summed E-state index contributed by atoms with van der Waals surface area (Å²) in [4.78, 5) is 15.5. The first-order chi connectivity index (χ1) is 8.78. The third kappa shape index (κ3) is 1.72. The fraction of sp³-hybridized carbons (Fsp3) is 0.143. The molecule has 0 saturated carbocycles. The van der Waals surface area contributed by atoms with Crippen LogP contribution in [0.4, 0.5) is 5.69 Å². The van der Waals surface area contributed by atoms with Crippen LogP contribution in [0.2, 0.25) is 0 Å². The summed E-state index contributed by atoms with van der Waals surface area (Å²) in [6.45, 7) is 0. The van der Waals surface area contributed by atoms with E-state index in [0.29, 0.717) is 6.42 Å². The summed E-state index contributed by atoms with van der Waals surface area (Å²) in [5.41, 5.74) is 3.78. The number of methoxy groups -OCH3 is 1. The highest BCUT2D eigenvalue weighted by Gasteiger charge is 2.20. The molecule has 2 heterocycles. The molecule has 0 spiro atoms. The monoisotopic (exact) mass is 240 g/mol. The lowest BCUT2D eigenvalue weighted by Gasteiger charge is -2.10. The number of anilines is 1. The van der Waals surface area contributed by atoms with Gasteiger partial charge in [-0.25, -0.2) is 0 Å². The van der Waals surface area contributed by atoms with Crippen molar-refractivity contribution in [3.05, 3.63) is 42.2 Å². The quantitative estimate of drug-likeness (QED) is 0.875. The number of nitrogens with one attached hydrogen (secondary N) is 1. The normalized spacial score (nSPS) is 13.1. The van der Waals surface area contributed by atoms with E-state index in [2.05, 4.69) is 10.3 Å². The first-order valence-corrected chi connectivity index (χ1v) is 5.69. The largest absolute Gasteiger partial charge is 0.496 e. The molecule has 1 N–H and O–H groups in total. The van der Waals surface area contributed by atoms with Crippen LogP contribution < -0.4 is 10.1 Å². The van der Waals surface area contributed by atoms with E-state index in [1.54, 1.807) is 19.5 Å². The number of aromatic nitrogens is 1. The Kier molecular flexibility index (Phi) is 2.48. The molecule has 0 unspecified atom stereocenters. The van der Waals surface area contributed by atoms with E-state index < -0.39 is 0 Å². The second kappa shape index (κ2) is 4.14. The number of rotatable bonds is 2. The van der Waals surface area contributed by atoms with Crippen LogP contribution in [0.15, 0.2) is 36.7 Å². The smallest absolute Gasteiger partial charge is 0.228 e. The van der Waals surface area contributed by atoms with Crippen molar-refractivity contribution < 1.29 is 9.53 Å². The van der Waals surface area contributed by atoms with Crippen LogP contribution >= 0.6 is 0 Å². The van der Waals surface area contributed by atoms with Crippen LogP contribution in [0.5, 0.6) is 5.75 Å². The third-order valence-corrected chi connectivity index (χ3v) is 3.02. The van der Waals surface area contributed by atoms with Crippen LogP contribution in [0.3, 0.4) is 0 Å². The average Bonchev–Trinajstić information content (AvgIpc) is 2.77. The van der Waals surface area contributed by atoms with Crippen molar-refractivity contribution in [3.63, 3.8) is 0 Å². The maximum absolute atomic E-state index is 11.4. The van der Waals surface area contributed by atoms with Gasteiger partial charge >= 0.3 is 0 Å². The molecule has 18 heavy (non-hydrogen) atoms. The molecule has 2 aromatic rings. The zero-order valence-electron chi connectivity index (χ0n) is 9.93. The number of hydrogen-bond donors (Lipinski definition) is 1. The van der Waals surface area contributed by atoms with E-state index in [1.165, 1.54) is 0 Å². The Morgan fingerprint density at radius 2 is 2.28 bits per heavy atom. The van der Waals surface area contributed by atoms with Gasteiger partial charge in [-0.3, -0.25) is 9.78 Å². The van der Waals surface area contributed by atoms with Crippen molar-refractivity contribution in [1.29, 1.82) is 0 Å². The van der Waals surface area contributed by atoms with Gasteiger partial charge in [-0.15, -0.1) is 0 Å². The van der Waals surface area contributed by atoms with Gasteiger partial charge in [0.25, 0.3) is 0 Å². The zero-order chi connectivity index (χ0) is 12.5. The van der Waals surface area contributed by atoms with Crippen LogP contribution in [-0.2, 0) is 11.2 Å². The number of amides is 1. The van der Waals surface area contributed by atoms with E-state index in [4.69, 9.17) is 4.74 Å². The number of nitrogens with zero attached hydrogens (tertiary/aromatic N) is 1. The molecular weight excluding hydrogens is 228 g/mol. The Hall–Kier alpha value is -2.36. The minimum atomic E-state index is 0.0235. The molecule has 4 heteroatoms. The molecule has 1 aromatic carbocycles. The number of fused-ring (bicyclic) bond motifs is 1. The number of hydrogen-bond acceptors (Lipinski definition) is 3. The fourth-order valence-corrected chi connectivity index (χ4v) is 2.17. The lowest BCUT2D eigenvalue weighted by atomic mass is 10.0. The van der Waals surface area contributed by atoms with Gasteiger partial charge in [-0.1, -0.05) is 6.07 Å². The van der Waals surface area contributed by atoms with E-state index in [1.807, 2.05) is 24.3 Å². The molecule has 1 aliphatic heterocycles. The van der Waals surface area contributed by atoms with Crippen LogP contribution in [0.1, 0.15) is 5.56 Å². The Balaban J connectivity index is 2.15. The van der Waals surface area contributed by atoms with Gasteiger partial charge in [0.05, 0.1) is 13.5 Å². The highest BCUT2D eigenvalue weighted by Crippen LogP contribution is 2.36. The number of ether oxygens (including phenoxy) is 1. The molecule has 1 amide bonds.